The number of benzene rings is 2. The largest absolute Gasteiger partial charge is 0.328 e. The van der Waals surface area contributed by atoms with Crippen LogP contribution in [0.5, 0.6) is 0 Å². The van der Waals surface area contributed by atoms with Crippen LogP contribution in [0.15, 0.2) is 42.5 Å². The van der Waals surface area contributed by atoms with E-state index in [1.165, 1.54) is 22.3 Å². The van der Waals surface area contributed by atoms with Crippen molar-refractivity contribution < 1.29 is 0 Å². The first-order chi connectivity index (χ1) is 8.56. The predicted molar refractivity (Wildman–Crippen MR) is 79.0 cm³/mol. The molecule has 0 aliphatic heterocycles. The van der Waals surface area contributed by atoms with Gasteiger partial charge in [0, 0.05) is 11.1 Å². The highest BCUT2D eigenvalue weighted by atomic mass is 35.5. The molecule has 0 radical (unpaired) electrons. The zero-order valence-corrected chi connectivity index (χ0v) is 11.5. The van der Waals surface area contributed by atoms with Crippen molar-refractivity contribution >= 4 is 11.6 Å². The van der Waals surface area contributed by atoms with E-state index < -0.39 is 0 Å². The molecule has 0 spiro atoms. The Bertz CT molecular complexity index is 529. The van der Waals surface area contributed by atoms with Crippen LogP contribution in [0.3, 0.4) is 0 Å². The van der Waals surface area contributed by atoms with Gasteiger partial charge in [-0.2, -0.15) is 0 Å². The molecule has 2 heteroatoms. The van der Waals surface area contributed by atoms with Crippen LogP contribution in [-0.4, -0.2) is 6.04 Å². The van der Waals surface area contributed by atoms with Crippen molar-refractivity contribution in [2.75, 3.05) is 0 Å². The maximum atomic E-state index is 6.05. The van der Waals surface area contributed by atoms with Crippen molar-refractivity contribution in [2.45, 2.75) is 26.3 Å². The molecular weight excluding hydrogens is 242 g/mol. The van der Waals surface area contributed by atoms with E-state index in [4.69, 9.17) is 17.3 Å². The summed E-state index contributed by atoms with van der Waals surface area (Å²) in [6, 6.07) is 14.7. The quantitative estimate of drug-likeness (QED) is 0.878. The standard InChI is InChI=1S/C16H18ClN/c1-11-3-8-15(17)10-16(11)14-6-4-13(5-7-14)9-12(2)18/h3-8,10,12H,9,18H2,1-2H3. The van der Waals surface area contributed by atoms with Gasteiger partial charge in [-0.3, -0.25) is 0 Å². The predicted octanol–water partition coefficient (Wildman–Crippen LogP) is 4.21. The summed E-state index contributed by atoms with van der Waals surface area (Å²) >= 11 is 6.05. The molecule has 0 aliphatic rings. The minimum atomic E-state index is 0.198. The van der Waals surface area contributed by atoms with Gasteiger partial charge in [0.1, 0.15) is 0 Å². The summed E-state index contributed by atoms with van der Waals surface area (Å²) in [4.78, 5) is 0. The van der Waals surface area contributed by atoms with E-state index in [1.54, 1.807) is 0 Å². The van der Waals surface area contributed by atoms with Gasteiger partial charge >= 0.3 is 0 Å². The van der Waals surface area contributed by atoms with Crippen LogP contribution in [0, 0.1) is 6.92 Å². The third-order valence-electron chi connectivity index (χ3n) is 3.02. The van der Waals surface area contributed by atoms with Crippen molar-refractivity contribution in [2.24, 2.45) is 5.73 Å². The van der Waals surface area contributed by atoms with E-state index in [0.717, 1.165) is 11.4 Å². The molecule has 0 bridgehead atoms. The van der Waals surface area contributed by atoms with Crippen molar-refractivity contribution in [3.8, 4) is 11.1 Å². The molecule has 2 aromatic carbocycles. The average Bonchev–Trinajstić information content (AvgIpc) is 2.33. The molecule has 0 fully saturated rings. The Morgan fingerprint density at radius 3 is 2.39 bits per heavy atom. The smallest absolute Gasteiger partial charge is 0.0412 e. The molecule has 0 aliphatic carbocycles. The molecule has 0 saturated carbocycles. The minimum Gasteiger partial charge on any atom is -0.328 e. The number of aryl methyl sites for hydroxylation is 1. The molecule has 2 aromatic rings. The first-order valence-electron chi connectivity index (χ1n) is 6.17. The van der Waals surface area contributed by atoms with Gasteiger partial charge in [0.25, 0.3) is 0 Å². The van der Waals surface area contributed by atoms with Gasteiger partial charge in [0.15, 0.2) is 0 Å². The lowest BCUT2D eigenvalue weighted by molar-refractivity contribution is 0.738. The van der Waals surface area contributed by atoms with Crippen LogP contribution in [0.4, 0.5) is 0 Å². The van der Waals surface area contributed by atoms with Crippen LogP contribution >= 0.6 is 11.6 Å². The minimum absolute atomic E-state index is 0.198. The fourth-order valence-corrected chi connectivity index (χ4v) is 2.27. The van der Waals surface area contributed by atoms with Gasteiger partial charge in [-0.15, -0.1) is 0 Å². The summed E-state index contributed by atoms with van der Waals surface area (Å²) in [5.41, 5.74) is 10.7. The monoisotopic (exact) mass is 259 g/mol. The van der Waals surface area contributed by atoms with Crippen LogP contribution in [0.1, 0.15) is 18.1 Å². The SMILES string of the molecule is Cc1ccc(Cl)cc1-c1ccc(CC(C)N)cc1. The lowest BCUT2D eigenvalue weighted by Gasteiger charge is -2.09. The number of nitrogens with two attached hydrogens (primary N) is 1. The molecule has 1 atom stereocenters. The number of rotatable bonds is 3. The van der Waals surface area contributed by atoms with Crippen molar-refractivity contribution in [1.29, 1.82) is 0 Å². The van der Waals surface area contributed by atoms with E-state index in [2.05, 4.69) is 31.2 Å². The normalized spacial score (nSPS) is 12.4. The van der Waals surface area contributed by atoms with Gasteiger partial charge in [0.2, 0.25) is 0 Å². The highest BCUT2D eigenvalue weighted by molar-refractivity contribution is 6.30. The molecule has 1 nitrogen and oxygen atoms in total. The van der Waals surface area contributed by atoms with E-state index >= 15 is 0 Å². The highest BCUT2D eigenvalue weighted by Gasteiger charge is 2.04. The Labute approximate surface area is 114 Å². The zero-order chi connectivity index (χ0) is 13.1. The van der Waals surface area contributed by atoms with Crippen LogP contribution < -0.4 is 5.73 Å². The van der Waals surface area contributed by atoms with Gasteiger partial charge in [-0.1, -0.05) is 41.9 Å². The Balaban J connectivity index is 2.31. The number of halogens is 1. The fourth-order valence-electron chi connectivity index (χ4n) is 2.10. The summed E-state index contributed by atoms with van der Waals surface area (Å²) in [7, 11) is 0. The van der Waals surface area contributed by atoms with Crippen molar-refractivity contribution in [1.82, 2.24) is 0 Å². The van der Waals surface area contributed by atoms with E-state index in [0.29, 0.717) is 0 Å². The summed E-state index contributed by atoms with van der Waals surface area (Å²) in [6.07, 6.45) is 0.912. The van der Waals surface area contributed by atoms with Gasteiger partial charge in [-0.05, 0) is 54.7 Å². The van der Waals surface area contributed by atoms with Crippen LogP contribution in [0.25, 0.3) is 11.1 Å². The molecule has 2 rings (SSSR count). The lowest BCUT2D eigenvalue weighted by atomic mass is 9.98. The van der Waals surface area contributed by atoms with E-state index in [9.17, 15) is 0 Å². The Morgan fingerprint density at radius 1 is 1.11 bits per heavy atom. The average molecular weight is 260 g/mol. The fraction of sp³-hybridized carbons (Fsp3) is 0.250. The first-order valence-corrected chi connectivity index (χ1v) is 6.55. The zero-order valence-electron chi connectivity index (χ0n) is 10.8. The van der Waals surface area contributed by atoms with E-state index in [-0.39, 0.29) is 6.04 Å². The maximum absolute atomic E-state index is 6.05. The number of hydrogen-bond donors (Lipinski definition) is 1. The molecule has 1 unspecified atom stereocenters. The topological polar surface area (TPSA) is 26.0 Å². The summed E-state index contributed by atoms with van der Waals surface area (Å²) in [5.74, 6) is 0. The molecule has 0 aromatic heterocycles. The summed E-state index contributed by atoms with van der Waals surface area (Å²) in [5, 5.41) is 0.773. The van der Waals surface area contributed by atoms with Crippen molar-refractivity contribution in [3.05, 3.63) is 58.6 Å². The van der Waals surface area contributed by atoms with Gasteiger partial charge in [0.05, 0.1) is 0 Å². The summed E-state index contributed by atoms with van der Waals surface area (Å²) < 4.78 is 0. The molecule has 18 heavy (non-hydrogen) atoms. The first kappa shape index (κ1) is 13.1. The second kappa shape index (κ2) is 5.55. The Hall–Kier alpha value is -1.31. The van der Waals surface area contributed by atoms with E-state index in [1.807, 2.05) is 25.1 Å². The molecule has 0 saturated heterocycles. The second-order valence-electron chi connectivity index (χ2n) is 4.84. The Kier molecular flexibility index (Phi) is 4.05. The highest BCUT2D eigenvalue weighted by Crippen LogP contribution is 2.26. The third kappa shape index (κ3) is 3.12. The molecule has 2 N–H and O–H groups in total. The van der Waals surface area contributed by atoms with Crippen LogP contribution in [0.2, 0.25) is 5.02 Å². The Morgan fingerprint density at radius 2 is 1.78 bits per heavy atom. The lowest BCUT2D eigenvalue weighted by Crippen LogP contribution is -2.17. The maximum Gasteiger partial charge on any atom is 0.0412 e. The molecule has 94 valence electrons. The second-order valence-corrected chi connectivity index (χ2v) is 5.27. The van der Waals surface area contributed by atoms with Gasteiger partial charge < -0.3 is 5.73 Å². The molecule has 0 amide bonds. The van der Waals surface area contributed by atoms with Gasteiger partial charge in [-0.25, -0.2) is 0 Å². The molecular formula is C16H18ClN. The number of hydrogen-bond acceptors (Lipinski definition) is 1. The third-order valence-corrected chi connectivity index (χ3v) is 3.26. The molecule has 0 heterocycles. The van der Waals surface area contributed by atoms with Crippen molar-refractivity contribution in [3.63, 3.8) is 0 Å². The summed E-state index contributed by atoms with van der Waals surface area (Å²) in [6.45, 7) is 4.12. The van der Waals surface area contributed by atoms with Crippen LogP contribution in [-0.2, 0) is 6.42 Å².